The first kappa shape index (κ1) is 14.0. The van der Waals surface area contributed by atoms with E-state index in [4.69, 9.17) is 9.47 Å². The number of aryl methyl sites for hydroxylation is 1. The van der Waals surface area contributed by atoms with Gasteiger partial charge in [0.05, 0.1) is 12.8 Å². The molecule has 1 rings (SSSR count). The Kier molecular flexibility index (Phi) is 5.13. The van der Waals surface area contributed by atoms with Crippen LogP contribution < -0.4 is 10.1 Å². The lowest BCUT2D eigenvalue weighted by Gasteiger charge is -2.11. The summed E-state index contributed by atoms with van der Waals surface area (Å²) in [5.74, 6) is -0.109. The average molecular weight is 253 g/mol. The zero-order chi connectivity index (χ0) is 13.5. The summed E-state index contributed by atoms with van der Waals surface area (Å²) in [5.41, 5.74) is 1.27. The molecular weight excluding hydrogens is 238 g/mol. The topological polar surface area (TPSA) is 73.9 Å². The Morgan fingerprint density at radius 3 is 2.61 bits per heavy atom. The van der Waals surface area contributed by atoms with Crippen LogP contribution in [-0.4, -0.2) is 32.9 Å². The highest BCUT2D eigenvalue weighted by Gasteiger charge is 2.12. The lowest BCUT2D eigenvalue weighted by molar-refractivity contribution is -0.119. The van der Waals surface area contributed by atoms with Gasteiger partial charge in [-0.15, -0.1) is 0 Å². The Balaban J connectivity index is 2.89. The van der Waals surface area contributed by atoms with Crippen LogP contribution in [0.3, 0.4) is 0 Å². The number of hydrogen-bond acceptors (Lipinski definition) is 5. The number of rotatable bonds is 4. The highest BCUT2D eigenvalue weighted by Crippen LogP contribution is 2.26. The van der Waals surface area contributed by atoms with Gasteiger partial charge in [0, 0.05) is 7.11 Å². The van der Waals surface area contributed by atoms with Gasteiger partial charge in [0.1, 0.15) is 6.61 Å². The van der Waals surface area contributed by atoms with Crippen LogP contribution in [0, 0.1) is 6.92 Å². The Morgan fingerprint density at radius 1 is 1.28 bits per heavy atom. The summed E-state index contributed by atoms with van der Waals surface area (Å²) < 4.78 is 14.0. The number of ether oxygens (including phenoxy) is 3. The average Bonchev–Trinajstić information content (AvgIpc) is 2.33. The molecule has 98 valence electrons. The number of methoxy groups -OCH3 is 2. The number of nitrogens with one attached hydrogen (secondary N) is 1. The van der Waals surface area contributed by atoms with Crippen LogP contribution >= 0.6 is 0 Å². The van der Waals surface area contributed by atoms with Crippen LogP contribution in [0.25, 0.3) is 0 Å². The second kappa shape index (κ2) is 6.61. The summed E-state index contributed by atoms with van der Waals surface area (Å²) >= 11 is 0. The van der Waals surface area contributed by atoms with Gasteiger partial charge in [0.15, 0.2) is 5.75 Å². The molecule has 6 nitrogen and oxygen atoms in total. The van der Waals surface area contributed by atoms with Crippen LogP contribution in [0.4, 0.5) is 10.5 Å². The summed E-state index contributed by atoms with van der Waals surface area (Å²) in [6.07, 6.45) is -0.845. The van der Waals surface area contributed by atoms with Crippen LogP contribution in [0.2, 0.25) is 0 Å². The minimum atomic E-state index is -0.845. The Bertz CT molecular complexity index is 444. The van der Waals surface area contributed by atoms with Crippen LogP contribution in [0.1, 0.15) is 5.56 Å². The van der Waals surface area contributed by atoms with Crippen molar-refractivity contribution in [2.24, 2.45) is 0 Å². The van der Waals surface area contributed by atoms with E-state index in [2.05, 4.69) is 10.1 Å². The Morgan fingerprint density at radius 2 is 2.00 bits per heavy atom. The zero-order valence-electron chi connectivity index (χ0n) is 10.5. The van der Waals surface area contributed by atoms with Crippen LogP contribution in [-0.2, 0) is 14.3 Å². The largest absolute Gasteiger partial charge is 0.513 e. The number of carbonyl (C=O) groups is 2. The molecule has 1 amide bonds. The zero-order valence-corrected chi connectivity index (χ0v) is 10.5. The summed E-state index contributed by atoms with van der Waals surface area (Å²) in [6.45, 7) is 1.76. The summed E-state index contributed by atoms with van der Waals surface area (Å²) in [7, 11) is 2.63. The molecule has 0 aliphatic heterocycles. The number of anilines is 1. The van der Waals surface area contributed by atoms with Crippen molar-refractivity contribution in [2.45, 2.75) is 6.92 Å². The number of carbonyl (C=O) groups excluding carboxylic acids is 2. The van der Waals surface area contributed by atoms with E-state index < -0.39 is 6.16 Å². The molecule has 0 saturated carbocycles. The first-order valence-electron chi connectivity index (χ1n) is 5.22. The molecule has 0 heterocycles. The first-order valence-corrected chi connectivity index (χ1v) is 5.22. The summed E-state index contributed by atoms with van der Waals surface area (Å²) in [6, 6.07) is 5.05. The SMILES string of the molecule is COCC(=O)Nc1ccc(C)cc1OC(=O)OC. The Labute approximate surface area is 105 Å². The molecule has 18 heavy (non-hydrogen) atoms. The quantitative estimate of drug-likeness (QED) is 0.653. The number of benzene rings is 1. The fourth-order valence-electron chi connectivity index (χ4n) is 1.27. The maximum Gasteiger partial charge on any atom is 0.513 e. The van der Waals surface area contributed by atoms with E-state index in [9.17, 15) is 9.59 Å². The van der Waals surface area contributed by atoms with Crippen molar-refractivity contribution >= 4 is 17.7 Å². The van der Waals surface area contributed by atoms with Gasteiger partial charge in [-0.1, -0.05) is 6.07 Å². The van der Waals surface area contributed by atoms with Crippen molar-refractivity contribution in [3.63, 3.8) is 0 Å². The second-order valence-corrected chi connectivity index (χ2v) is 3.54. The smallest absolute Gasteiger partial charge is 0.437 e. The predicted octanol–water partition coefficient (Wildman–Crippen LogP) is 1.73. The van der Waals surface area contributed by atoms with Crippen LogP contribution in [0.5, 0.6) is 5.75 Å². The van der Waals surface area contributed by atoms with Crippen molar-refractivity contribution in [1.29, 1.82) is 0 Å². The Hall–Kier alpha value is -2.08. The van der Waals surface area contributed by atoms with Gasteiger partial charge in [-0.2, -0.15) is 0 Å². The van der Waals surface area contributed by atoms with E-state index in [-0.39, 0.29) is 18.3 Å². The van der Waals surface area contributed by atoms with Crippen molar-refractivity contribution in [3.8, 4) is 5.75 Å². The van der Waals surface area contributed by atoms with Gasteiger partial charge in [0.2, 0.25) is 5.91 Å². The lowest BCUT2D eigenvalue weighted by Crippen LogP contribution is -2.18. The monoisotopic (exact) mass is 253 g/mol. The van der Waals surface area contributed by atoms with Gasteiger partial charge < -0.3 is 19.5 Å². The molecule has 0 bridgehead atoms. The minimum Gasteiger partial charge on any atom is -0.437 e. The molecule has 0 atom stereocenters. The van der Waals surface area contributed by atoms with Crippen LogP contribution in [0.15, 0.2) is 18.2 Å². The first-order chi connectivity index (χ1) is 8.56. The van der Waals surface area contributed by atoms with E-state index in [1.54, 1.807) is 18.2 Å². The summed E-state index contributed by atoms with van der Waals surface area (Å²) in [5, 5.41) is 2.57. The highest BCUT2D eigenvalue weighted by atomic mass is 16.7. The fourth-order valence-corrected chi connectivity index (χ4v) is 1.27. The van der Waals surface area contributed by atoms with E-state index >= 15 is 0 Å². The van der Waals surface area contributed by atoms with Gasteiger partial charge >= 0.3 is 6.16 Å². The number of hydrogen-bond donors (Lipinski definition) is 1. The molecule has 1 N–H and O–H groups in total. The van der Waals surface area contributed by atoms with E-state index in [0.29, 0.717) is 5.69 Å². The molecule has 0 aliphatic rings. The van der Waals surface area contributed by atoms with Gasteiger partial charge in [-0.25, -0.2) is 4.79 Å². The van der Waals surface area contributed by atoms with Crippen molar-refractivity contribution in [1.82, 2.24) is 0 Å². The standard InChI is InChI=1S/C12H15NO5/c1-8-4-5-9(13-11(14)7-16-2)10(6-8)18-12(15)17-3/h4-6H,7H2,1-3H3,(H,13,14). The molecule has 0 unspecified atom stereocenters. The second-order valence-electron chi connectivity index (χ2n) is 3.54. The third-order valence-electron chi connectivity index (χ3n) is 2.05. The summed E-state index contributed by atoms with van der Waals surface area (Å²) in [4.78, 5) is 22.5. The molecular formula is C12H15NO5. The fraction of sp³-hybridized carbons (Fsp3) is 0.333. The maximum atomic E-state index is 11.4. The van der Waals surface area contributed by atoms with E-state index in [0.717, 1.165) is 5.56 Å². The van der Waals surface area contributed by atoms with Crippen molar-refractivity contribution in [3.05, 3.63) is 23.8 Å². The molecule has 0 fully saturated rings. The molecule has 0 aliphatic carbocycles. The van der Waals surface area contributed by atoms with Gasteiger partial charge in [-0.05, 0) is 24.6 Å². The van der Waals surface area contributed by atoms with E-state index in [1.807, 2.05) is 6.92 Å². The highest BCUT2D eigenvalue weighted by molar-refractivity contribution is 5.93. The molecule has 0 aromatic heterocycles. The van der Waals surface area contributed by atoms with Gasteiger partial charge in [-0.3, -0.25) is 4.79 Å². The molecule has 6 heteroatoms. The molecule has 0 radical (unpaired) electrons. The third kappa shape index (κ3) is 4.06. The number of amides is 1. The van der Waals surface area contributed by atoms with Crippen molar-refractivity contribution < 1.29 is 23.8 Å². The maximum absolute atomic E-state index is 11.4. The molecule has 1 aromatic rings. The van der Waals surface area contributed by atoms with Crippen molar-refractivity contribution in [2.75, 3.05) is 26.1 Å². The molecule has 0 saturated heterocycles. The minimum absolute atomic E-state index is 0.0778. The molecule has 1 aromatic carbocycles. The molecule has 0 spiro atoms. The van der Waals surface area contributed by atoms with E-state index in [1.165, 1.54) is 14.2 Å². The van der Waals surface area contributed by atoms with Gasteiger partial charge in [0.25, 0.3) is 0 Å². The third-order valence-corrected chi connectivity index (χ3v) is 2.05. The predicted molar refractivity (Wildman–Crippen MR) is 64.7 cm³/mol. The normalized spacial score (nSPS) is 9.72. The lowest BCUT2D eigenvalue weighted by atomic mass is 10.2.